The van der Waals surface area contributed by atoms with E-state index in [0.29, 0.717) is 5.84 Å². The molecule has 0 aliphatic carbocycles. The highest BCUT2D eigenvalue weighted by Crippen LogP contribution is 2.41. The standard InChI is InChI=1S/C43H27N3OS/c1-2-12-27(13-3-1)41-44-42(33-17-10-20-37-38(33)32-16-7-9-19-36(32)48-37)46-43(45-41)34-24-23-30(29-22-21-26-11-4-5-14-28(26)25-29)40-39(34)31-15-6-8-18-35(31)47-40/h1-25,41H,(H,44,45,46). The second-order valence-electron chi connectivity index (χ2n) is 12.2. The fourth-order valence-corrected chi connectivity index (χ4v) is 8.21. The molecule has 5 heteroatoms. The molecule has 0 amide bonds. The maximum absolute atomic E-state index is 6.69. The Hall–Kier alpha value is -6.04. The first-order valence-electron chi connectivity index (χ1n) is 16.1. The van der Waals surface area contributed by atoms with Gasteiger partial charge >= 0.3 is 0 Å². The fourth-order valence-electron chi connectivity index (χ4n) is 7.08. The molecule has 0 saturated carbocycles. The number of aliphatic imine (C=N–C) groups is 2. The van der Waals surface area contributed by atoms with E-state index in [-0.39, 0.29) is 6.17 Å². The summed E-state index contributed by atoms with van der Waals surface area (Å²) < 4.78 is 9.17. The number of hydrogen-bond donors (Lipinski definition) is 1. The van der Waals surface area contributed by atoms with Gasteiger partial charge in [0.2, 0.25) is 0 Å². The van der Waals surface area contributed by atoms with Crippen molar-refractivity contribution >= 4 is 75.9 Å². The first-order chi connectivity index (χ1) is 23.8. The Morgan fingerprint density at radius 3 is 2.23 bits per heavy atom. The molecule has 7 aromatic carbocycles. The van der Waals surface area contributed by atoms with Crippen molar-refractivity contribution in [2.75, 3.05) is 0 Å². The zero-order valence-electron chi connectivity index (χ0n) is 25.7. The average Bonchev–Trinajstić information content (AvgIpc) is 3.74. The molecule has 0 bridgehead atoms. The Bertz CT molecular complexity index is 2770. The van der Waals surface area contributed by atoms with E-state index < -0.39 is 0 Å². The summed E-state index contributed by atoms with van der Waals surface area (Å²) in [5, 5.41) is 10.6. The van der Waals surface area contributed by atoms with Crippen molar-refractivity contribution in [3.63, 3.8) is 0 Å². The van der Waals surface area contributed by atoms with Crippen molar-refractivity contribution in [1.29, 1.82) is 0 Å². The van der Waals surface area contributed by atoms with Gasteiger partial charge in [-0.15, -0.1) is 11.3 Å². The number of rotatable bonds is 4. The predicted octanol–water partition coefficient (Wildman–Crippen LogP) is 11.3. The van der Waals surface area contributed by atoms with Crippen molar-refractivity contribution in [1.82, 2.24) is 5.32 Å². The molecule has 1 aliphatic heterocycles. The van der Waals surface area contributed by atoms with Crippen molar-refractivity contribution in [2.24, 2.45) is 9.98 Å². The monoisotopic (exact) mass is 633 g/mol. The molecule has 1 aliphatic rings. The minimum Gasteiger partial charge on any atom is -0.455 e. The molecule has 4 nitrogen and oxygen atoms in total. The molecule has 3 heterocycles. The third kappa shape index (κ3) is 4.29. The van der Waals surface area contributed by atoms with Crippen molar-refractivity contribution < 1.29 is 4.42 Å². The normalized spacial score (nSPS) is 14.9. The van der Waals surface area contributed by atoms with Crippen molar-refractivity contribution in [3.05, 3.63) is 168 Å². The molecule has 0 saturated heterocycles. The SMILES string of the molecule is c1ccc(C2N=C(c3cccc4sc5ccccc5c34)N=C(c3ccc(-c4ccc5ccccc5c4)c4oc5ccccc5c34)N2)cc1. The summed E-state index contributed by atoms with van der Waals surface area (Å²) in [4.78, 5) is 10.6. The second kappa shape index (κ2) is 10.8. The lowest BCUT2D eigenvalue weighted by atomic mass is 9.96. The van der Waals surface area contributed by atoms with E-state index in [4.69, 9.17) is 14.4 Å². The van der Waals surface area contributed by atoms with E-state index >= 15 is 0 Å². The number of para-hydroxylation sites is 1. The van der Waals surface area contributed by atoms with Crippen LogP contribution in [0.15, 0.2) is 166 Å². The number of fused-ring (bicyclic) bond motifs is 7. The van der Waals surface area contributed by atoms with Crippen LogP contribution in [-0.2, 0) is 0 Å². The van der Waals surface area contributed by atoms with Gasteiger partial charge in [0.05, 0.1) is 0 Å². The summed E-state index contributed by atoms with van der Waals surface area (Å²) in [7, 11) is 0. The highest BCUT2D eigenvalue weighted by molar-refractivity contribution is 7.25. The number of thiophene rings is 1. The molecule has 2 aromatic heterocycles. The van der Waals surface area contributed by atoms with E-state index in [9.17, 15) is 0 Å². The number of nitrogens with one attached hydrogen (secondary N) is 1. The van der Waals surface area contributed by atoms with Gasteiger partial charge in [-0.1, -0.05) is 115 Å². The molecule has 0 radical (unpaired) electrons. The lowest BCUT2D eigenvalue weighted by Crippen LogP contribution is -2.33. The van der Waals surface area contributed by atoms with Crippen LogP contribution in [0.25, 0.3) is 64.0 Å². The largest absolute Gasteiger partial charge is 0.455 e. The first kappa shape index (κ1) is 27.1. The van der Waals surface area contributed by atoms with Crippen LogP contribution < -0.4 is 5.32 Å². The zero-order chi connectivity index (χ0) is 31.6. The Morgan fingerprint density at radius 1 is 0.562 bits per heavy atom. The zero-order valence-corrected chi connectivity index (χ0v) is 26.5. The van der Waals surface area contributed by atoms with Gasteiger partial charge in [0.25, 0.3) is 0 Å². The van der Waals surface area contributed by atoms with Gasteiger partial charge in [-0.2, -0.15) is 0 Å². The first-order valence-corrected chi connectivity index (χ1v) is 16.9. The summed E-state index contributed by atoms with van der Waals surface area (Å²) in [6.45, 7) is 0. The van der Waals surface area contributed by atoms with E-state index in [1.165, 1.54) is 30.9 Å². The molecule has 226 valence electrons. The minimum atomic E-state index is -0.317. The number of nitrogens with zero attached hydrogens (tertiary/aromatic N) is 2. The van der Waals surface area contributed by atoms with Crippen LogP contribution in [0.2, 0.25) is 0 Å². The molecule has 0 fully saturated rings. The van der Waals surface area contributed by atoms with Gasteiger partial charge in [0.15, 0.2) is 5.84 Å². The van der Waals surface area contributed by atoms with Crippen LogP contribution in [0, 0.1) is 0 Å². The van der Waals surface area contributed by atoms with Crippen LogP contribution in [0.1, 0.15) is 22.9 Å². The second-order valence-corrected chi connectivity index (χ2v) is 13.3. The lowest BCUT2D eigenvalue weighted by molar-refractivity contribution is 0.668. The third-order valence-electron chi connectivity index (χ3n) is 9.34. The molecule has 1 atom stereocenters. The van der Waals surface area contributed by atoms with Crippen LogP contribution >= 0.6 is 11.3 Å². The summed E-state index contributed by atoms with van der Waals surface area (Å²) in [6.07, 6.45) is -0.317. The highest BCUT2D eigenvalue weighted by Gasteiger charge is 2.26. The predicted molar refractivity (Wildman–Crippen MR) is 201 cm³/mol. The van der Waals surface area contributed by atoms with Crippen LogP contribution in [-0.4, -0.2) is 11.7 Å². The molecule has 0 spiro atoms. The Morgan fingerprint density at radius 2 is 1.31 bits per heavy atom. The average molecular weight is 634 g/mol. The summed E-state index contributed by atoms with van der Waals surface area (Å²) in [5.74, 6) is 1.48. The minimum absolute atomic E-state index is 0.317. The maximum atomic E-state index is 6.69. The molecule has 48 heavy (non-hydrogen) atoms. The summed E-state index contributed by atoms with van der Waals surface area (Å²) >= 11 is 1.81. The van der Waals surface area contributed by atoms with Crippen LogP contribution in [0.5, 0.6) is 0 Å². The van der Waals surface area contributed by atoms with Crippen molar-refractivity contribution in [3.8, 4) is 11.1 Å². The van der Waals surface area contributed by atoms with Gasteiger partial charge in [-0.3, -0.25) is 0 Å². The van der Waals surface area contributed by atoms with Gasteiger partial charge < -0.3 is 9.73 Å². The third-order valence-corrected chi connectivity index (χ3v) is 10.5. The van der Waals surface area contributed by atoms with Gasteiger partial charge in [-0.05, 0) is 58.3 Å². The number of amidine groups is 2. The number of benzene rings is 7. The molecular weight excluding hydrogens is 607 g/mol. The summed E-state index contributed by atoms with van der Waals surface area (Å²) in [6, 6.07) is 53.2. The maximum Gasteiger partial charge on any atom is 0.160 e. The Balaban J connectivity index is 1.22. The number of hydrogen-bond acceptors (Lipinski definition) is 5. The Kier molecular flexibility index (Phi) is 6.08. The fraction of sp³-hybridized carbons (Fsp3) is 0.0233. The molecule has 9 aromatic rings. The Labute approximate surface area is 280 Å². The summed E-state index contributed by atoms with van der Waals surface area (Å²) in [5.41, 5.74) is 6.95. The van der Waals surface area contributed by atoms with Crippen LogP contribution in [0.4, 0.5) is 0 Å². The smallest absolute Gasteiger partial charge is 0.160 e. The topological polar surface area (TPSA) is 49.9 Å². The van der Waals surface area contributed by atoms with Crippen LogP contribution in [0.3, 0.4) is 0 Å². The molecule has 1 unspecified atom stereocenters. The van der Waals surface area contributed by atoms with Gasteiger partial charge in [0.1, 0.15) is 23.2 Å². The molecule has 1 N–H and O–H groups in total. The lowest BCUT2D eigenvalue weighted by Gasteiger charge is -2.24. The molecule has 10 rings (SSSR count). The van der Waals surface area contributed by atoms with Gasteiger partial charge in [0, 0.05) is 47.6 Å². The quantitative estimate of drug-likeness (QED) is 0.210. The van der Waals surface area contributed by atoms with E-state index in [0.717, 1.165) is 55.6 Å². The van der Waals surface area contributed by atoms with Crippen molar-refractivity contribution in [2.45, 2.75) is 6.17 Å². The van der Waals surface area contributed by atoms with E-state index in [1.807, 2.05) is 29.5 Å². The number of furan rings is 1. The molecular formula is C43H27N3OS. The van der Waals surface area contributed by atoms with E-state index in [1.54, 1.807) is 0 Å². The highest BCUT2D eigenvalue weighted by atomic mass is 32.1. The van der Waals surface area contributed by atoms with E-state index in [2.05, 4.69) is 139 Å². The van der Waals surface area contributed by atoms with Gasteiger partial charge in [-0.25, -0.2) is 9.98 Å².